The van der Waals surface area contributed by atoms with Crippen LogP contribution in [0.2, 0.25) is 0 Å². The molecule has 3 aromatic carbocycles. The van der Waals surface area contributed by atoms with Crippen molar-refractivity contribution in [2.75, 3.05) is 4.90 Å². The maximum absolute atomic E-state index is 13.4. The van der Waals surface area contributed by atoms with Gasteiger partial charge in [0, 0.05) is 27.6 Å². The van der Waals surface area contributed by atoms with Crippen molar-refractivity contribution in [1.82, 2.24) is 9.88 Å². The quantitative estimate of drug-likeness (QED) is 0.0797. The molecule has 216 valence electrons. The minimum Gasteiger partial charge on any atom is -0.450 e. The van der Waals surface area contributed by atoms with Gasteiger partial charge >= 0.3 is 5.69 Å². The normalized spacial score (nSPS) is 14.2. The van der Waals surface area contributed by atoms with Gasteiger partial charge in [-0.15, -0.1) is 0 Å². The van der Waals surface area contributed by atoms with E-state index in [2.05, 4.69) is 21.2 Å². The van der Waals surface area contributed by atoms with Crippen LogP contribution in [0.1, 0.15) is 17.0 Å². The Morgan fingerprint density at radius 2 is 1.56 bits per heavy atom. The van der Waals surface area contributed by atoms with Crippen molar-refractivity contribution in [2.45, 2.75) is 13.8 Å². The van der Waals surface area contributed by atoms with Crippen molar-refractivity contribution in [1.29, 1.82) is 0 Å². The van der Waals surface area contributed by atoms with Crippen LogP contribution in [0.4, 0.5) is 17.1 Å². The Labute approximate surface area is 257 Å². The number of thiocarbonyl (C=S) groups is 1. The van der Waals surface area contributed by atoms with Crippen LogP contribution >= 0.6 is 28.1 Å². The van der Waals surface area contributed by atoms with Crippen LogP contribution in [0.5, 0.6) is 11.5 Å². The number of benzene rings is 3. The number of halogens is 1. The molecule has 1 saturated heterocycles. The van der Waals surface area contributed by atoms with Gasteiger partial charge in [0.15, 0.2) is 5.11 Å². The van der Waals surface area contributed by atoms with Gasteiger partial charge in [0.1, 0.15) is 11.3 Å². The number of carbonyl (C=O) groups is 2. The zero-order chi connectivity index (χ0) is 31.0. The third kappa shape index (κ3) is 5.78. The molecule has 1 aliphatic heterocycles. The summed E-state index contributed by atoms with van der Waals surface area (Å²) in [6.07, 6.45) is 1.52. The van der Waals surface area contributed by atoms with Crippen molar-refractivity contribution in [3.8, 4) is 17.2 Å². The molecule has 1 aromatic heterocycles. The van der Waals surface area contributed by atoms with Crippen LogP contribution in [-0.4, -0.2) is 31.3 Å². The van der Waals surface area contributed by atoms with Gasteiger partial charge < -0.3 is 9.30 Å². The summed E-state index contributed by atoms with van der Waals surface area (Å²) < 4.78 is 8.40. The molecule has 14 heteroatoms. The molecule has 2 heterocycles. The Bertz CT molecular complexity index is 1870. The van der Waals surface area contributed by atoms with Crippen molar-refractivity contribution < 1.29 is 24.2 Å². The van der Waals surface area contributed by atoms with E-state index in [9.17, 15) is 29.8 Å². The lowest BCUT2D eigenvalue weighted by Gasteiger charge is -2.29. The van der Waals surface area contributed by atoms with E-state index in [1.807, 2.05) is 24.5 Å². The molecule has 1 fully saturated rings. The predicted molar refractivity (Wildman–Crippen MR) is 165 cm³/mol. The summed E-state index contributed by atoms with van der Waals surface area (Å²) >= 11 is 8.64. The molecule has 0 saturated carbocycles. The van der Waals surface area contributed by atoms with E-state index in [0.717, 1.165) is 33.7 Å². The highest BCUT2D eigenvalue weighted by molar-refractivity contribution is 9.10. The van der Waals surface area contributed by atoms with Crippen LogP contribution in [0.3, 0.4) is 0 Å². The number of aryl methyl sites for hydroxylation is 1. The molecule has 0 unspecified atom stereocenters. The van der Waals surface area contributed by atoms with E-state index in [1.54, 1.807) is 48.5 Å². The van der Waals surface area contributed by atoms with Gasteiger partial charge in [-0.05, 0) is 98.4 Å². The number of amides is 2. The Morgan fingerprint density at radius 1 is 0.907 bits per heavy atom. The summed E-state index contributed by atoms with van der Waals surface area (Å²) in [4.78, 5) is 48.5. The molecule has 4 aromatic rings. The molecule has 0 radical (unpaired) electrons. The summed E-state index contributed by atoms with van der Waals surface area (Å²) in [6, 6.07) is 18.6. The molecule has 0 aliphatic carbocycles. The molecule has 2 amide bonds. The van der Waals surface area contributed by atoms with Crippen molar-refractivity contribution in [3.63, 3.8) is 0 Å². The number of anilines is 1. The van der Waals surface area contributed by atoms with Gasteiger partial charge in [0.25, 0.3) is 17.5 Å². The second kappa shape index (κ2) is 11.6. The topological polar surface area (TPSA) is 150 Å². The molecular weight excluding hydrogens is 642 g/mol. The Hall–Kier alpha value is -5.21. The summed E-state index contributed by atoms with van der Waals surface area (Å²) in [6.45, 7) is 3.71. The molecule has 0 spiro atoms. The summed E-state index contributed by atoms with van der Waals surface area (Å²) in [7, 11) is 0. The van der Waals surface area contributed by atoms with E-state index in [-0.39, 0.29) is 22.2 Å². The fourth-order valence-corrected chi connectivity index (χ4v) is 5.15. The number of aromatic nitrogens is 1. The monoisotopic (exact) mass is 661 g/mol. The molecule has 0 atom stereocenters. The number of hydrogen-bond donors (Lipinski definition) is 1. The highest BCUT2D eigenvalue weighted by Gasteiger charge is 2.34. The van der Waals surface area contributed by atoms with E-state index in [0.29, 0.717) is 11.3 Å². The first-order valence-corrected chi connectivity index (χ1v) is 13.7. The van der Waals surface area contributed by atoms with Crippen molar-refractivity contribution >= 4 is 68.2 Å². The van der Waals surface area contributed by atoms with E-state index in [1.165, 1.54) is 17.0 Å². The molecule has 1 N–H and O–H groups in total. The number of nitrogens with zero attached hydrogens (tertiary/aromatic N) is 4. The summed E-state index contributed by atoms with van der Waals surface area (Å²) in [5, 5.41) is 25.0. The maximum Gasteiger partial charge on any atom is 0.318 e. The lowest BCUT2D eigenvalue weighted by molar-refractivity contribution is -0.394. The average molecular weight is 662 g/mol. The second-order valence-electron chi connectivity index (χ2n) is 9.36. The van der Waals surface area contributed by atoms with E-state index in [4.69, 9.17) is 17.0 Å². The Balaban J connectivity index is 1.43. The average Bonchev–Trinajstić information content (AvgIpc) is 3.24. The van der Waals surface area contributed by atoms with Gasteiger partial charge in [-0.25, -0.2) is 0 Å². The first-order valence-electron chi connectivity index (χ1n) is 12.5. The number of hydrogen-bond acceptors (Lipinski definition) is 8. The third-order valence-electron chi connectivity index (χ3n) is 6.63. The number of rotatable bonds is 7. The maximum atomic E-state index is 13.4. The molecule has 12 nitrogen and oxygen atoms in total. The minimum atomic E-state index is -0.748. The smallest absolute Gasteiger partial charge is 0.318 e. The SMILES string of the molecule is Cc1cc(/C=C2\C(=O)NC(=S)N(c3ccc(Br)cc3)C2=O)c(C)n1-c1ccc(Oc2ccc([N+](=O)[O-])cc2[N+](=O)[O-])cc1. The highest BCUT2D eigenvalue weighted by Crippen LogP contribution is 2.35. The van der Waals surface area contributed by atoms with E-state index >= 15 is 0 Å². The van der Waals surface area contributed by atoms with Crippen LogP contribution < -0.4 is 15.0 Å². The number of nitro benzene ring substituents is 2. The fourth-order valence-electron chi connectivity index (χ4n) is 4.61. The zero-order valence-electron chi connectivity index (χ0n) is 22.4. The first kappa shape index (κ1) is 29.3. The second-order valence-corrected chi connectivity index (χ2v) is 10.7. The van der Waals surface area contributed by atoms with Gasteiger partial charge in [0.05, 0.1) is 21.6 Å². The number of carbonyl (C=O) groups excluding carboxylic acids is 2. The van der Waals surface area contributed by atoms with Crippen molar-refractivity contribution in [3.05, 3.63) is 120 Å². The zero-order valence-corrected chi connectivity index (χ0v) is 24.8. The van der Waals surface area contributed by atoms with Gasteiger partial charge in [0.2, 0.25) is 5.75 Å². The van der Waals surface area contributed by atoms with Crippen molar-refractivity contribution in [2.24, 2.45) is 0 Å². The third-order valence-corrected chi connectivity index (χ3v) is 7.44. The highest BCUT2D eigenvalue weighted by atomic mass is 79.9. The largest absolute Gasteiger partial charge is 0.450 e. The lowest BCUT2D eigenvalue weighted by atomic mass is 10.1. The molecule has 0 bridgehead atoms. The van der Waals surface area contributed by atoms with Crippen LogP contribution in [0, 0.1) is 34.1 Å². The Kier molecular flexibility index (Phi) is 7.89. The summed E-state index contributed by atoms with van der Waals surface area (Å²) in [5.41, 5.74) is 2.40. The molecule has 43 heavy (non-hydrogen) atoms. The van der Waals surface area contributed by atoms with Gasteiger partial charge in [-0.3, -0.25) is 40.0 Å². The number of nitrogens with one attached hydrogen (secondary N) is 1. The number of ether oxygens (including phenoxy) is 1. The van der Waals surface area contributed by atoms with Crippen LogP contribution in [0.25, 0.3) is 11.8 Å². The van der Waals surface area contributed by atoms with Crippen LogP contribution in [0.15, 0.2) is 82.8 Å². The first-order chi connectivity index (χ1) is 20.4. The Morgan fingerprint density at radius 3 is 2.19 bits per heavy atom. The predicted octanol–water partition coefficient (Wildman–Crippen LogP) is 6.30. The fraction of sp³-hybridized carbons (Fsp3) is 0.0690. The minimum absolute atomic E-state index is 0.0127. The lowest BCUT2D eigenvalue weighted by Crippen LogP contribution is -2.54. The number of non-ortho nitro benzene ring substituents is 1. The number of nitro groups is 2. The standard InChI is InChI=1S/C29H20BrN5O7S/c1-16-13-18(14-24-27(36)31-29(43)33(28(24)37)21-5-3-19(30)4-6-21)17(2)32(16)20-7-10-23(11-8-20)42-26-12-9-22(34(38)39)15-25(26)35(40)41/h3-15H,1-2H3,(H,31,36,43)/b24-14+. The van der Waals surface area contributed by atoms with Gasteiger partial charge in [-0.2, -0.15) is 0 Å². The van der Waals surface area contributed by atoms with E-state index < -0.39 is 33.0 Å². The van der Waals surface area contributed by atoms with Crippen LogP contribution in [-0.2, 0) is 9.59 Å². The molecular formula is C29H20BrN5O7S. The summed E-state index contributed by atoms with van der Waals surface area (Å²) in [5.74, 6) is -1.02. The molecule has 5 rings (SSSR count). The molecule has 1 aliphatic rings. The van der Waals surface area contributed by atoms with Gasteiger partial charge in [-0.1, -0.05) is 15.9 Å².